The molecule has 0 bridgehead atoms. The first-order chi connectivity index (χ1) is 9.63. The second kappa shape index (κ2) is 6.78. The molecule has 1 aliphatic rings. The van der Waals surface area contributed by atoms with Crippen LogP contribution in [-0.2, 0) is 0 Å². The monoisotopic (exact) mass is 290 g/mol. The van der Waals surface area contributed by atoms with Crippen molar-refractivity contribution >= 4 is 17.5 Å². The van der Waals surface area contributed by atoms with Crippen LogP contribution in [0.15, 0.2) is 18.2 Å². The number of rotatable bonds is 1. The van der Waals surface area contributed by atoms with Gasteiger partial charge in [0.2, 0.25) is 0 Å². The number of piperidine rings is 1. The summed E-state index contributed by atoms with van der Waals surface area (Å²) < 4.78 is 0. The van der Waals surface area contributed by atoms with Gasteiger partial charge >= 0.3 is 0 Å². The van der Waals surface area contributed by atoms with Gasteiger partial charge in [-0.15, -0.1) is 0 Å². The van der Waals surface area contributed by atoms with Crippen molar-refractivity contribution < 1.29 is 4.79 Å². The van der Waals surface area contributed by atoms with Gasteiger partial charge in [0.15, 0.2) is 0 Å². The highest BCUT2D eigenvalue weighted by Gasteiger charge is 2.24. The van der Waals surface area contributed by atoms with Crippen LogP contribution in [0.3, 0.4) is 0 Å². The number of carbonyl (C=O) groups is 1. The first-order valence-electron chi connectivity index (χ1n) is 6.93. The van der Waals surface area contributed by atoms with Gasteiger partial charge in [-0.3, -0.25) is 4.79 Å². The summed E-state index contributed by atoms with van der Waals surface area (Å²) in [5.41, 5.74) is 6.68. The zero-order valence-corrected chi connectivity index (χ0v) is 12.4. The maximum absolute atomic E-state index is 12.5. The molecular formula is C16H19ClN2O. The van der Waals surface area contributed by atoms with Crippen molar-refractivity contribution in [3.05, 3.63) is 34.3 Å². The Hall–Kier alpha value is -1.50. The van der Waals surface area contributed by atoms with Crippen LogP contribution in [0.5, 0.6) is 0 Å². The Labute approximate surface area is 125 Å². The average Bonchev–Trinajstić information content (AvgIpc) is 2.46. The summed E-state index contributed by atoms with van der Waals surface area (Å²) in [7, 11) is 0. The summed E-state index contributed by atoms with van der Waals surface area (Å²) in [6.07, 6.45) is 3.34. The predicted octanol–water partition coefficient (Wildman–Crippen LogP) is 2.66. The van der Waals surface area contributed by atoms with Crippen LogP contribution in [0.2, 0.25) is 5.02 Å². The fourth-order valence-electron chi connectivity index (χ4n) is 2.46. The maximum Gasteiger partial charge on any atom is 0.254 e. The number of amides is 1. The topological polar surface area (TPSA) is 46.3 Å². The number of nitrogens with zero attached hydrogens (tertiary/aromatic N) is 1. The lowest BCUT2D eigenvalue weighted by molar-refractivity contribution is 0.0635. The summed E-state index contributed by atoms with van der Waals surface area (Å²) in [6.45, 7) is 3.22. The van der Waals surface area contributed by atoms with Gasteiger partial charge in [-0.05, 0) is 44.4 Å². The minimum atomic E-state index is 0.0532. The minimum absolute atomic E-state index is 0.0532. The van der Waals surface area contributed by atoms with Gasteiger partial charge in [0, 0.05) is 23.7 Å². The van der Waals surface area contributed by atoms with Crippen LogP contribution in [0.1, 0.15) is 42.1 Å². The Kier molecular flexibility index (Phi) is 5.05. The van der Waals surface area contributed by atoms with Crippen molar-refractivity contribution in [1.82, 2.24) is 4.90 Å². The molecule has 0 radical (unpaired) electrons. The fourth-order valence-corrected chi connectivity index (χ4v) is 2.69. The van der Waals surface area contributed by atoms with E-state index < -0.39 is 0 Å². The highest BCUT2D eigenvalue weighted by atomic mass is 35.5. The van der Waals surface area contributed by atoms with Gasteiger partial charge in [0.25, 0.3) is 5.91 Å². The van der Waals surface area contributed by atoms with Crippen LogP contribution in [-0.4, -0.2) is 29.9 Å². The molecule has 0 aliphatic carbocycles. The number of benzene rings is 1. The second-order valence-electron chi connectivity index (χ2n) is 5.04. The molecule has 2 rings (SSSR count). The molecule has 1 aromatic rings. The first-order valence-corrected chi connectivity index (χ1v) is 7.30. The normalized spacial score (nSPS) is 18.4. The van der Waals surface area contributed by atoms with Gasteiger partial charge < -0.3 is 10.6 Å². The number of likely N-dealkylation sites (tertiary alicyclic amines) is 1. The van der Waals surface area contributed by atoms with Gasteiger partial charge in [-0.2, -0.15) is 0 Å². The van der Waals surface area contributed by atoms with E-state index in [1.54, 1.807) is 18.2 Å². The predicted molar refractivity (Wildman–Crippen MR) is 81.7 cm³/mol. The SMILES string of the molecule is CC1CCCCN1C(=O)c1ccc(C#CCN)c(Cl)c1. The highest BCUT2D eigenvalue weighted by Crippen LogP contribution is 2.22. The largest absolute Gasteiger partial charge is 0.336 e. The number of hydrogen-bond acceptors (Lipinski definition) is 2. The lowest BCUT2D eigenvalue weighted by Crippen LogP contribution is -2.42. The number of nitrogens with two attached hydrogens (primary N) is 1. The van der Waals surface area contributed by atoms with Gasteiger partial charge in [-0.25, -0.2) is 0 Å². The van der Waals surface area contributed by atoms with Crippen LogP contribution >= 0.6 is 11.6 Å². The molecule has 1 amide bonds. The standard InChI is InChI=1S/C16H19ClN2O/c1-12-5-2-3-10-19(12)16(20)14-8-7-13(6-4-9-18)15(17)11-14/h7-8,11-12H,2-3,5,9-10,18H2,1H3. The summed E-state index contributed by atoms with van der Waals surface area (Å²) in [4.78, 5) is 14.4. The molecular weight excluding hydrogens is 272 g/mol. The van der Waals surface area contributed by atoms with Crippen LogP contribution in [0.4, 0.5) is 0 Å². The zero-order valence-electron chi connectivity index (χ0n) is 11.7. The lowest BCUT2D eigenvalue weighted by Gasteiger charge is -2.33. The number of carbonyl (C=O) groups excluding carboxylic acids is 1. The third-order valence-corrected chi connectivity index (χ3v) is 3.92. The molecule has 0 saturated carbocycles. The molecule has 1 atom stereocenters. The molecule has 2 N–H and O–H groups in total. The zero-order chi connectivity index (χ0) is 14.5. The fraction of sp³-hybridized carbons (Fsp3) is 0.438. The molecule has 3 nitrogen and oxygen atoms in total. The van der Waals surface area contributed by atoms with Crippen molar-refractivity contribution in [2.75, 3.05) is 13.1 Å². The van der Waals surface area contributed by atoms with E-state index in [4.69, 9.17) is 17.3 Å². The summed E-state index contributed by atoms with van der Waals surface area (Å²) in [5.74, 6) is 5.71. The molecule has 1 saturated heterocycles. The van der Waals surface area contributed by atoms with Crippen LogP contribution in [0, 0.1) is 11.8 Å². The molecule has 106 valence electrons. The average molecular weight is 291 g/mol. The van der Waals surface area contributed by atoms with Crippen molar-refractivity contribution in [2.45, 2.75) is 32.2 Å². The summed E-state index contributed by atoms with van der Waals surface area (Å²) >= 11 is 6.17. The Morgan fingerprint density at radius 1 is 1.50 bits per heavy atom. The van der Waals surface area contributed by atoms with Crippen molar-refractivity contribution in [3.63, 3.8) is 0 Å². The second-order valence-corrected chi connectivity index (χ2v) is 5.45. The molecule has 1 aliphatic heterocycles. The van der Waals surface area contributed by atoms with Crippen molar-refractivity contribution in [2.24, 2.45) is 5.73 Å². The van der Waals surface area contributed by atoms with E-state index in [-0.39, 0.29) is 5.91 Å². The summed E-state index contributed by atoms with van der Waals surface area (Å²) in [5, 5.41) is 0.501. The number of hydrogen-bond donors (Lipinski definition) is 1. The van der Waals surface area contributed by atoms with E-state index in [1.807, 2.05) is 4.90 Å². The molecule has 20 heavy (non-hydrogen) atoms. The first kappa shape index (κ1) is 14.9. The van der Waals surface area contributed by atoms with Crippen LogP contribution in [0.25, 0.3) is 0 Å². The molecule has 1 unspecified atom stereocenters. The van der Waals surface area contributed by atoms with Gasteiger partial charge in [0.05, 0.1) is 11.6 Å². The van der Waals surface area contributed by atoms with Crippen molar-refractivity contribution in [1.29, 1.82) is 0 Å². The Morgan fingerprint density at radius 2 is 2.30 bits per heavy atom. The molecule has 0 spiro atoms. The lowest BCUT2D eigenvalue weighted by atomic mass is 10.0. The molecule has 1 heterocycles. The molecule has 1 aromatic carbocycles. The molecule has 1 fully saturated rings. The Morgan fingerprint density at radius 3 is 2.95 bits per heavy atom. The third kappa shape index (κ3) is 3.33. The summed E-state index contributed by atoms with van der Waals surface area (Å²) in [6, 6.07) is 5.57. The molecule has 0 aromatic heterocycles. The number of halogens is 1. The minimum Gasteiger partial charge on any atom is -0.336 e. The van der Waals surface area contributed by atoms with Gasteiger partial charge in [0.1, 0.15) is 0 Å². The Balaban J connectivity index is 2.20. The quantitative estimate of drug-likeness (QED) is 0.808. The van der Waals surface area contributed by atoms with E-state index >= 15 is 0 Å². The maximum atomic E-state index is 12.5. The van der Waals surface area contributed by atoms with Crippen molar-refractivity contribution in [3.8, 4) is 11.8 Å². The smallest absolute Gasteiger partial charge is 0.254 e. The molecule has 4 heteroatoms. The van der Waals surface area contributed by atoms with E-state index in [0.29, 0.717) is 28.7 Å². The van der Waals surface area contributed by atoms with E-state index in [1.165, 1.54) is 6.42 Å². The van der Waals surface area contributed by atoms with Gasteiger partial charge in [-0.1, -0.05) is 23.4 Å². The Bertz CT molecular complexity index is 559. The van der Waals surface area contributed by atoms with E-state index in [9.17, 15) is 4.79 Å². The van der Waals surface area contributed by atoms with E-state index in [2.05, 4.69) is 18.8 Å². The van der Waals surface area contributed by atoms with Crippen LogP contribution < -0.4 is 5.73 Å². The third-order valence-electron chi connectivity index (χ3n) is 3.60. The highest BCUT2D eigenvalue weighted by molar-refractivity contribution is 6.32. The van der Waals surface area contributed by atoms with E-state index in [0.717, 1.165) is 19.4 Å².